The molecular weight excluding hydrogens is 228 g/mol. The van der Waals surface area contributed by atoms with E-state index in [1.165, 1.54) is 6.42 Å². The van der Waals surface area contributed by atoms with Gasteiger partial charge in [0.05, 0.1) is 0 Å². The van der Waals surface area contributed by atoms with E-state index in [9.17, 15) is 9.59 Å². The maximum atomic E-state index is 12.1. The number of nitrogens with two attached hydrogens (primary N) is 1. The van der Waals surface area contributed by atoms with Gasteiger partial charge in [0.1, 0.15) is 0 Å². The minimum atomic E-state index is -0.332. The molecule has 2 amide bonds. The second-order valence-electron chi connectivity index (χ2n) is 5.51. The number of primary amides is 1. The lowest BCUT2D eigenvalue weighted by Crippen LogP contribution is -2.40. The fourth-order valence-electron chi connectivity index (χ4n) is 2.67. The van der Waals surface area contributed by atoms with Crippen LogP contribution in [0.2, 0.25) is 0 Å². The van der Waals surface area contributed by atoms with Gasteiger partial charge < -0.3 is 11.1 Å². The molecule has 3 N–H and O–H groups in total. The third-order valence-corrected chi connectivity index (χ3v) is 3.97. The lowest BCUT2D eigenvalue weighted by atomic mass is 9.83. The number of nitrogens with one attached hydrogen (secondary N) is 1. The predicted octanol–water partition coefficient (Wildman–Crippen LogP) is 1.69. The molecule has 4 heteroatoms. The van der Waals surface area contributed by atoms with Crippen molar-refractivity contribution in [3.05, 3.63) is 0 Å². The van der Waals surface area contributed by atoms with E-state index >= 15 is 0 Å². The van der Waals surface area contributed by atoms with Crippen LogP contribution in [0.25, 0.3) is 0 Å². The monoisotopic (exact) mass is 254 g/mol. The third kappa shape index (κ3) is 4.00. The molecule has 104 valence electrons. The summed E-state index contributed by atoms with van der Waals surface area (Å²) in [5.41, 5.74) is 5.47. The van der Waals surface area contributed by atoms with Crippen molar-refractivity contribution in [3.8, 4) is 0 Å². The maximum absolute atomic E-state index is 12.1. The summed E-state index contributed by atoms with van der Waals surface area (Å²) in [5, 5.41) is 2.84. The van der Waals surface area contributed by atoms with Crippen LogP contribution in [0, 0.1) is 23.7 Å². The molecule has 1 saturated carbocycles. The highest BCUT2D eigenvalue weighted by molar-refractivity contribution is 5.86. The third-order valence-electron chi connectivity index (χ3n) is 3.97. The first kappa shape index (κ1) is 15.0. The van der Waals surface area contributed by atoms with E-state index in [2.05, 4.69) is 12.2 Å². The van der Waals surface area contributed by atoms with Gasteiger partial charge in [0.25, 0.3) is 0 Å². The van der Waals surface area contributed by atoms with Crippen molar-refractivity contribution in [2.45, 2.75) is 46.5 Å². The molecule has 1 rings (SSSR count). The Kier molecular flexibility index (Phi) is 5.63. The molecule has 1 aliphatic carbocycles. The van der Waals surface area contributed by atoms with Crippen LogP contribution < -0.4 is 11.1 Å². The summed E-state index contributed by atoms with van der Waals surface area (Å²) >= 11 is 0. The van der Waals surface area contributed by atoms with E-state index in [0.717, 1.165) is 12.8 Å². The number of hydrogen-bond acceptors (Lipinski definition) is 2. The van der Waals surface area contributed by atoms with Crippen LogP contribution in [0.3, 0.4) is 0 Å². The van der Waals surface area contributed by atoms with Gasteiger partial charge in [-0.25, -0.2) is 0 Å². The van der Waals surface area contributed by atoms with Gasteiger partial charge in [-0.15, -0.1) is 0 Å². The Morgan fingerprint density at radius 1 is 1.33 bits per heavy atom. The highest BCUT2D eigenvalue weighted by Crippen LogP contribution is 2.44. The van der Waals surface area contributed by atoms with Gasteiger partial charge in [0.2, 0.25) is 11.8 Å². The first-order valence-corrected chi connectivity index (χ1v) is 7.08. The van der Waals surface area contributed by atoms with E-state index in [-0.39, 0.29) is 23.7 Å². The number of rotatable bonds is 8. The van der Waals surface area contributed by atoms with Crippen LogP contribution in [0.15, 0.2) is 0 Å². The summed E-state index contributed by atoms with van der Waals surface area (Å²) in [6.07, 6.45) is 3.57. The quantitative estimate of drug-likeness (QED) is 0.692. The van der Waals surface area contributed by atoms with Crippen LogP contribution in [-0.2, 0) is 9.59 Å². The van der Waals surface area contributed by atoms with Crippen LogP contribution in [0.4, 0.5) is 0 Å². The second-order valence-corrected chi connectivity index (χ2v) is 5.51. The molecular formula is C14H26N2O2. The highest BCUT2D eigenvalue weighted by atomic mass is 16.2. The number of carbonyl (C=O) groups excluding carboxylic acids is 2. The van der Waals surface area contributed by atoms with E-state index in [1.54, 1.807) is 0 Å². The SMILES string of the molecule is CCC[C@H](C(N)=O)C(CC1CC1C)C(=O)NCC. The van der Waals surface area contributed by atoms with Crippen molar-refractivity contribution in [2.75, 3.05) is 6.54 Å². The molecule has 0 radical (unpaired) electrons. The Morgan fingerprint density at radius 3 is 2.33 bits per heavy atom. The van der Waals surface area contributed by atoms with Gasteiger partial charge in [-0.3, -0.25) is 9.59 Å². The van der Waals surface area contributed by atoms with E-state index in [0.29, 0.717) is 24.8 Å². The average molecular weight is 254 g/mol. The minimum Gasteiger partial charge on any atom is -0.369 e. The zero-order chi connectivity index (χ0) is 13.7. The lowest BCUT2D eigenvalue weighted by Gasteiger charge is -2.23. The molecule has 0 saturated heterocycles. The molecule has 0 aromatic rings. The minimum absolute atomic E-state index is 0.00569. The molecule has 4 nitrogen and oxygen atoms in total. The van der Waals surface area contributed by atoms with Crippen molar-refractivity contribution in [1.82, 2.24) is 5.32 Å². The van der Waals surface area contributed by atoms with Gasteiger partial charge >= 0.3 is 0 Å². The predicted molar refractivity (Wildman–Crippen MR) is 71.7 cm³/mol. The molecule has 0 spiro atoms. The van der Waals surface area contributed by atoms with Crippen LogP contribution >= 0.6 is 0 Å². The first-order valence-electron chi connectivity index (χ1n) is 7.08. The average Bonchev–Trinajstić information content (AvgIpc) is 2.99. The fraction of sp³-hybridized carbons (Fsp3) is 0.857. The summed E-state index contributed by atoms with van der Waals surface area (Å²) in [5.74, 6) is 0.398. The number of hydrogen-bond donors (Lipinski definition) is 2. The lowest BCUT2D eigenvalue weighted by molar-refractivity contribution is -0.134. The Hall–Kier alpha value is -1.06. The maximum Gasteiger partial charge on any atom is 0.223 e. The summed E-state index contributed by atoms with van der Waals surface area (Å²) in [6, 6.07) is 0. The number of carbonyl (C=O) groups is 2. The molecule has 4 atom stereocenters. The molecule has 0 bridgehead atoms. The molecule has 0 aromatic carbocycles. The molecule has 18 heavy (non-hydrogen) atoms. The van der Waals surface area contributed by atoms with Crippen molar-refractivity contribution in [3.63, 3.8) is 0 Å². The number of amides is 2. The summed E-state index contributed by atoms with van der Waals surface area (Å²) in [4.78, 5) is 23.7. The van der Waals surface area contributed by atoms with E-state index < -0.39 is 0 Å². The van der Waals surface area contributed by atoms with Crippen molar-refractivity contribution < 1.29 is 9.59 Å². The van der Waals surface area contributed by atoms with Crippen molar-refractivity contribution in [2.24, 2.45) is 29.4 Å². The smallest absolute Gasteiger partial charge is 0.223 e. The van der Waals surface area contributed by atoms with E-state index in [4.69, 9.17) is 5.73 Å². The molecule has 1 aliphatic rings. The Morgan fingerprint density at radius 2 is 1.94 bits per heavy atom. The van der Waals surface area contributed by atoms with Crippen LogP contribution in [0.1, 0.15) is 46.5 Å². The van der Waals surface area contributed by atoms with Gasteiger partial charge in [0, 0.05) is 18.4 Å². The van der Waals surface area contributed by atoms with Crippen molar-refractivity contribution in [1.29, 1.82) is 0 Å². The standard InChI is InChI=1S/C14H26N2O2/c1-4-6-11(13(15)17)12(14(18)16-5-2)8-10-7-9(10)3/h9-12H,4-8H2,1-3H3,(H2,15,17)(H,16,18)/t9?,10?,11-,12?/m0/s1. The Balaban J connectivity index is 2.72. The highest BCUT2D eigenvalue weighted by Gasteiger charge is 2.40. The molecule has 0 aromatic heterocycles. The van der Waals surface area contributed by atoms with Gasteiger partial charge in [-0.1, -0.05) is 20.3 Å². The van der Waals surface area contributed by atoms with E-state index in [1.807, 2.05) is 13.8 Å². The topological polar surface area (TPSA) is 72.2 Å². The second kappa shape index (κ2) is 6.76. The van der Waals surface area contributed by atoms with Gasteiger partial charge in [0.15, 0.2) is 0 Å². The van der Waals surface area contributed by atoms with Gasteiger partial charge in [-0.05, 0) is 38.0 Å². The fourth-order valence-corrected chi connectivity index (χ4v) is 2.67. The first-order chi connectivity index (χ1) is 8.51. The largest absolute Gasteiger partial charge is 0.369 e. The summed E-state index contributed by atoms with van der Waals surface area (Å²) in [6.45, 7) is 6.71. The van der Waals surface area contributed by atoms with Crippen LogP contribution in [-0.4, -0.2) is 18.4 Å². The van der Waals surface area contributed by atoms with Gasteiger partial charge in [-0.2, -0.15) is 0 Å². The van der Waals surface area contributed by atoms with Crippen LogP contribution in [0.5, 0.6) is 0 Å². The Labute approximate surface area is 110 Å². The molecule has 0 heterocycles. The summed E-state index contributed by atoms with van der Waals surface area (Å²) in [7, 11) is 0. The summed E-state index contributed by atoms with van der Waals surface area (Å²) < 4.78 is 0. The zero-order valence-electron chi connectivity index (χ0n) is 11.7. The van der Waals surface area contributed by atoms with Crippen molar-refractivity contribution >= 4 is 11.8 Å². The zero-order valence-corrected chi connectivity index (χ0v) is 11.7. The Bertz CT molecular complexity index is 304. The molecule has 3 unspecified atom stereocenters. The molecule has 0 aliphatic heterocycles. The normalized spacial score (nSPS) is 25.3. The molecule has 1 fully saturated rings.